The molecule has 0 aliphatic heterocycles. The van der Waals surface area contributed by atoms with E-state index in [1.54, 1.807) is 0 Å². The molecule has 0 spiro atoms. The summed E-state index contributed by atoms with van der Waals surface area (Å²) in [5.74, 6) is 1.93. The van der Waals surface area contributed by atoms with E-state index in [0.717, 1.165) is 18.3 Å². The van der Waals surface area contributed by atoms with E-state index in [0.29, 0.717) is 0 Å². The Balaban J connectivity index is 1.91. The van der Waals surface area contributed by atoms with Crippen LogP contribution < -0.4 is 5.32 Å². The predicted molar refractivity (Wildman–Crippen MR) is 67.5 cm³/mol. The Labute approximate surface area is 97.9 Å². The van der Waals surface area contributed by atoms with Gasteiger partial charge in [-0.3, -0.25) is 0 Å². The zero-order valence-corrected chi connectivity index (χ0v) is 10.2. The Kier molecular flexibility index (Phi) is 3.78. The van der Waals surface area contributed by atoms with Gasteiger partial charge in [-0.25, -0.2) is 4.98 Å². The maximum absolute atomic E-state index is 4.33. The summed E-state index contributed by atoms with van der Waals surface area (Å²) < 4.78 is 0. The molecule has 1 heterocycles. The number of nitrogens with one attached hydrogen (secondary N) is 1. The fourth-order valence-electron chi connectivity index (χ4n) is 2.26. The molecule has 1 aliphatic rings. The fraction of sp³-hybridized carbons (Fsp3) is 0.615. The van der Waals surface area contributed by atoms with Crippen LogP contribution in [0.25, 0.3) is 0 Å². The van der Waals surface area contributed by atoms with Gasteiger partial charge in [-0.05, 0) is 31.9 Å². The van der Waals surface area contributed by atoms with Crippen LogP contribution in [0.4, 0.5) is 5.82 Å². The molecule has 2 rings (SSSR count). The highest BCUT2D eigenvalue weighted by atomic mass is 15.1. The Morgan fingerprint density at radius 2 is 2.31 bits per heavy atom. The lowest BCUT2D eigenvalue weighted by molar-refractivity contribution is 0.200. The first kappa shape index (κ1) is 11.4. The summed E-state index contributed by atoms with van der Waals surface area (Å²) >= 11 is 0. The summed E-state index contributed by atoms with van der Waals surface area (Å²) in [5, 5.41) is 3.14. The number of aromatic nitrogens is 1. The third kappa shape index (κ3) is 2.73. The quantitative estimate of drug-likeness (QED) is 0.824. The molecule has 16 heavy (non-hydrogen) atoms. The maximum Gasteiger partial charge on any atom is 0.130 e. The van der Waals surface area contributed by atoms with E-state index >= 15 is 0 Å². The number of pyridine rings is 1. The molecule has 0 bridgehead atoms. The van der Waals surface area contributed by atoms with Crippen molar-refractivity contribution in [2.24, 2.45) is 5.92 Å². The molecule has 1 aromatic rings. The maximum atomic E-state index is 4.33. The van der Waals surface area contributed by atoms with Crippen LogP contribution in [0, 0.1) is 5.92 Å². The lowest BCUT2D eigenvalue weighted by Gasteiger charge is -2.30. The van der Waals surface area contributed by atoms with Crippen molar-refractivity contribution in [3.63, 3.8) is 0 Å². The second-order valence-electron chi connectivity index (χ2n) is 4.75. The van der Waals surface area contributed by atoms with Crippen molar-refractivity contribution in [3.05, 3.63) is 23.9 Å². The highest BCUT2D eigenvalue weighted by Gasteiger charge is 2.19. The molecule has 1 saturated carbocycles. The van der Waals surface area contributed by atoms with Crippen LogP contribution in [0.1, 0.15) is 24.8 Å². The van der Waals surface area contributed by atoms with E-state index in [4.69, 9.17) is 0 Å². The van der Waals surface area contributed by atoms with Crippen LogP contribution in [-0.4, -0.2) is 30.5 Å². The van der Waals surface area contributed by atoms with Gasteiger partial charge in [0.25, 0.3) is 0 Å². The van der Waals surface area contributed by atoms with Gasteiger partial charge in [-0.2, -0.15) is 0 Å². The normalized spacial score (nSPS) is 16.2. The highest BCUT2D eigenvalue weighted by molar-refractivity contribution is 5.42. The SMILES string of the molecule is CNc1ncccc1CN(C)CC1CCC1. The minimum absolute atomic E-state index is 0.930. The second-order valence-corrected chi connectivity index (χ2v) is 4.75. The second kappa shape index (κ2) is 5.30. The monoisotopic (exact) mass is 219 g/mol. The molecular weight excluding hydrogens is 198 g/mol. The van der Waals surface area contributed by atoms with Crippen molar-refractivity contribution in [1.82, 2.24) is 9.88 Å². The molecule has 1 aromatic heterocycles. The molecular formula is C13H21N3. The number of hydrogen-bond acceptors (Lipinski definition) is 3. The fourth-order valence-corrected chi connectivity index (χ4v) is 2.26. The molecule has 1 N–H and O–H groups in total. The molecule has 0 amide bonds. The molecule has 3 heteroatoms. The smallest absolute Gasteiger partial charge is 0.130 e. The molecule has 0 unspecified atom stereocenters. The Morgan fingerprint density at radius 1 is 1.50 bits per heavy atom. The topological polar surface area (TPSA) is 28.2 Å². The van der Waals surface area contributed by atoms with Crippen molar-refractivity contribution in [3.8, 4) is 0 Å². The molecule has 88 valence electrons. The van der Waals surface area contributed by atoms with Crippen molar-refractivity contribution < 1.29 is 0 Å². The number of anilines is 1. The molecule has 0 radical (unpaired) electrons. The third-order valence-corrected chi connectivity index (χ3v) is 3.36. The van der Waals surface area contributed by atoms with Crippen LogP contribution in [0.2, 0.25) is 0 Å². The first-order chi connectivity index (χ1) is 7.79. The molecule has 3 nitrogen and oxygen atoms in total. The van der Waals surface area contributed by atoms with Gasteiger partial charge < -0.3 is 10.2 Å². The van der Waals surface area contributed by atoms with Crippen LogP contribution in [0.5, 0.6) is 0 Å². The van der Waals surface area contributed by atoms with Crippen LogP contribution >= 0.6 is 0 Å². The minimum atomic E-state index is 0.930. The predicted octanol–water partition coefficient (Wildman–Crippen LogP) is 2.36. The van der Waals surface area contributed by atoms with Gasteiger partial charge in [0, 0.05) is 31.9 Å². The summed E-state index contributed by atoms with van der Waals surface area (Å²) in [7, 11) is 4.13. The van der Waals surface area contributed by atoms with Crippen LogP contribution in [0.3, 0.4) is 0 Å². The van der Waals surface area contributed by atoms with Gasteiger partial charge in [0.2, 0.25) is 0 Å². The van der Waals surface area contributed by atoms with E-state index in [-0.39, 0.29) is 0 Å². The van der Waals surface area contributed by atoms with E-state index < -0.39 is 0 Å². The van der Waals surface area contributed by atoms with Gasteiger partial charge in [-0.15, -0.1) is 0 Å². The number of nitrogens with zero attached hydrogens (tertiary/aromatic N) is 2. The van der Waals surface area contributed by atoms with E-state index in [1.807, 2.05) is 19.3 Å². The average Bonchev–Trinajstić information content (AvgIpc) is 2.24. The Bertz CT molecular complexity index is 334. The van der Waals surface area contributed by atoms with Gasteiger partial charge in [-0.1, -0.05) is 12.5 Å². The van der Waals surface area contributed by atoms with E-state index in [9.17, 15) is 0 Å². The van der Waals surface area contributed by atoms with Gasteiger partial charge >= 0.3 is 0 Å². The standard InChI is InChI=1S/C13H21N3/c1-14-13-12(7-4-8-15-13)10-16(2)9-11-5-3-6-11/h4,7-8,11H,3,5-6,9-10H2,1-2H3,(H,14,15). The lowest BCUT2D eigenvalue weighted by Crippen LogP contribution is -2.29. The van der Waals surface area contributed by atoms with Crippen molar-refractivity contribution in [2.45, 2.75) is 25.8 Å². The molecule has 1 fully saturated rings. The zero-order valence-electron chi connectivity index (χ0n) is 10.2. The zero-order chi connectivity index (χ0) is 11.4. The lowest BCUT2D eigenvalue weighted by atomic mass is 9.85. The molecule has 0 aromatic carbocycles. The summed E-state index contributed by atoms with van der Waals surface area (Å²) in [6.45, 7) is 2.21. The van der Waals surface area contributed by atoms with Crippen molar-refractivity contribution in [2.75, 3.05) is 26.0 Å². The first-order valence-corrected chi connectivity index (χ1v) is 6.10. The summed E-state index contributed by atoms with van der Waals surface area (Å²) in [6, 6.07) is 4.16. The van der Waals surface area contributed by atoms with E-state index in [1.165, 1.54) is 31.4 Å². The molecule has 1 aliphatic carbocycles. The Hall–Kier alpha value is -1.09. The molecule has 0 atom stereocenters. The minimum Gasteiger partial charge on any atom is -0.373 e. The highest BCUT2D eigenvalue weighted by Crippen LogP contribution is 2.27. The third-order valence-electron chi connectivity index (χ3n) is 3.36. The van der Waals surface area contributed by atoms with Crippen LogP contribution in [0.15, 0.2) is 18.3 Å². The molecule has 0 saturated heterocycles. The average molecular weight is 219 g/mol. The number of rotatable bonds is 5. The van der Waals surface area contributed by atoms with Gasteiger partial charge in [0.1, 0.15) is 5.82 Å². The van der Waals surface area contributed by atoms with Crippen molar-refractivity contribution >= 4 is 5.82 Å². The summed E-state index contributed by atoms with van der Waals surface area (Å²) in [4.78, 5) is 6.73. The summed E-state index contributed by atoms with van der Waals surface area (Å²) in [6.07, 6.45) is 6.08. The van der Waals surface area contributed by atoms with Crippen molar-refractivity contribution in [1.29, 1.82) is 0 Å². The first-order valence-electron chi connectivity index (χ1n) is 6.10. The van der Waals surface area contributed by atoms with Gasteiger partial charge in [0.15, 0.2) is 0 Å². The van der Waals surface area contributed by atoms with Gasteiger partial charge in [0.05, 0.1) is 0 Å². The Morgan fingerprint density at radius 3 is 2.94 bits per heavy atom. The van der Waals surface area contributed by atoms with E-state index in [2.05, 4.69) is 28.3 Å². The largest absolute Gasteiger partial charge is 0.373 e. The van der Waals surface area contributed by atoms with Crippen LogP contribution in [-0.2, 0) is 6.54 Å². The summed E-state index contributed by atoms with van der Waals surface area (Å²) in [5.41, 5.74) is 1.28. The number of hydrogen-bond donors (Lipinski definition) is 1.